The van der Waals surface area contributed by atoms with Crippen LogP contribution >= 0.6 is 11.8 Å². The van der Waals surface area contributed by atoms with Gasteiger partial charge in [0.25, 0.3) is 5.91 Å². The highest BCUT2D eigenvalue weighted by Gasteiger charge is 2.17. The van der Waals surface area contributed by atoms with E-state index in [0.29, 0.717) is 10.9 Å². The predicted octanol–water partition coefficient (Wildman–Crippen LogP) is 4.15. The molecule has 0 saturated carbocycles. The van der Waals surface area contributed by atoms with Crippen LogP contribution in [-0.4, -0.2) is 22.1 Å². The van der Waals surface area contributed by atoms with Gasteiger partial charge in [0.1, 0.15) is 5.69 Å². The normalized spacial score (nSPS) is 12.1. The van der Waals surface area contributed by atoms with Gasteiger partial charge < -0.3 is 5.32 Å². The molecule has 0 fully saturated rings. The lowest BCUT2D eigenvalue weighted by molar-refractivity contribution is 0.0933. The Balaban J connectivity index is 1.89. The average molecular weight is 337 g/mol. The van der Waals surface area contributed by atoms with Crippen molar-refractivity contribution in [2.75, 3.05) is 6.26 Å². The van der Waals surface area contributed by atoms with Gasteiger partial charge in [0.15, 0.2) is 5.16 Å². The lowest BCUT2D eigenvalue weighted by Crippen LogP contribution is -2.28. The van der Waals surface area contributed by atoms with E-state index in [4.69, 9.17) is 0 Å². The second-order valence-corrected chi connectivity index (χ2v) is 6.43. The number of aryl methyl sites for hydroxylation is 1. The van der Waals surface area contributed by atoms with Gasteiger partial charge in [-0.25, -0.2) is 9.97 Å². The fourth-order valence-corrected chi connectivity index (χ4v) is 3.07. The number of hydrogen-bond donors (Lipinski definition) is 1. The van der Waals surface area contributed by atoms with Crippen molar-refractivity contribution in [2.24, 2.45) is 0 Å². The summed E-state index contributed by atoms with van der Waals surface area (Å²) in [7, 11) is 0. The number of nitrogens with one attached hydrogen (secondary N) is 1. The third-order valence-electron chi connectivity index (χ3n) is 3.98. The number of thioether (sulfide) groups is 1. The summed E-state index contributed by atoms with van der Waals surface area (Å²) < 4.78 is 0. The Labute approximate surface area is 145 Å². The molecule has 5 heteroatoms. The van der Waals surface area contributed by atoms with Crippen molar-refractivity contribution < 1.29 is 4.79 Å². The number of aromatic nitrogens is 2. The number of benzene rings is 2. The molecule has 0 radical (unpaired) electrons. The number of rotatable bonds is 4. The first-order valence-electron chi connectivity index (χ1n) is 7.76. The molecule has 4 nitrogen and oxygen atoms in total. The maximum Gasteiger partial charge on any atom is 0.270 e. The van der Waals surface area contributed by atoms with Crippen LogP contribution in [0.3, 0.4) is 0 Å². The van der Waals surface area contributed by atoms with Crippen LogP contribution in [0, 0.1) is 6.92 Å². The zero-order valence-electron chi connectivity index (χ0n) is 13.9. The minimum Gasteiger partial charge on any atom is -0.344 e. The van der Waals surface area contributed by atoms with Gasteiger partial charge in [-0.15, -0.1) is 0 Å². The van der Waals surface area contributed by atoms with Gasteiger partial charge in [-0.1, -0.05) is 54.2 Å². The lowest BCUT2D eigenvalue weighted by atomic mass is 9.99. The second kappa shape index (κ2) is 7.01. The number of amides is 1. The minimum absolute atomic E-state index is 0.115. The van der Waals surface area contributed by atoms with E-state index in [1.54, 1.807) is 6.20 Å². The van der Waals surface area contributed by atoms with E-state index in [9.17, 15) is 4.79 Å². The van der Waals surface area contributed by atoms with E-state index in [2.05, 4.69) is 33.5 Å². The third kappa shape index (κ3) is 3.26. The molecular weight excluding hydrogens is 318 g/mol. The molecule has 0 saturated heterocycles. The van der Waals surface area contributed by atoms with Gasteiger partial charge in [-0.2, -0.15) is 0 Å². The summed E-state index contributed by atoms with van der Waals surface area (Å²) in [6.45, 7) is 3.84. The van der Waals surface area contributed by atoms with Crippen LogP contribution in [0.4, 0.5) is 0 Å². The van der Waals surface area contributed by atoms with E-state index < -0.39 is 0 Å². The fraction of sp³-hybridized carbons (Fsp3) is 0.211. The number of carbonyl (C=O) groups excluding carboxylic acids is 1. The monoisotopic (exact) mass is 337 g/mol. The van der Waals surface area contributed by atoms with Crippen LogP contribution in [-0.2, 0) is 0 Å². The third-order valence-corrected chi connectivity index (χ3v) is 4.55. The van der Waals surface area contributed by atoms with Crippen LogP contribution < -0.4 is 5.32 Å². The number of hydrogen-bond acceptors (Lipinski definition) is 4. The highest BCUT2D eigenvalue weighted by Crippen LogP contribution is 2.24. The molecule has 1 aromatic heterocycles. The first-order valence-corrected chi connectivity index (χ1v) is 8.99. The molecule has 1 atom stereocenters. The Bertz CT molecular complexity index is 889. The molecule has 0 spiro atoms. The number of carbonyl (C=O) groups is 1. The molecule has 0 aliphatic heterocycles. The van der Waals surface area contributed by atoms with Crippen molar-refractivity contribution in [2.45, 2.75) is 25.0 Å². The Kier molecular flexibility index (Phi) is 4.81. The smallest absolute Gasteiger partial charge is 0.270 e. The average Bonchev–Trinajstić information content (AvgIpc) is 2.61. The molecular formula is C19H19N3OS. The molecule has 2 aromatic carbocycles. The Morgan fingerprint density at radius 2 is 1.92 bits per heavy atom. The Morgan fingerprint density at radius 3 is 2.71 bits per heavy atom. The summed E-state index contributed by atoms with van der Waals surface area (Å²) in [5, 5.41) is 5.97. The van der Waals surface area contributed by atoms with E-state index >= 15 is 0 Å². The summed E-state index contributed by atoms with van der Waals surface area (Å²) in [6.07, 6.45) is 3.58. The molecule has 0 bridgehead atoms. The first-order chi connectivity index (χ1) is 11.6. The maximum atomic E-state index is 12.6. The van der Waals surface area contributed by atoms with Crippen LogP contribution in [0.5, 0.6) is 0 Å². The molecule has 3 aromatic rings. The summed E-state index contributed by atoms with van der Waals surface area (Å²) in [4.78, 5) is 21.2. The van der Waals surface area contributed by atoms with Gasteiger partial charge >= 0.3 is 0 Å². The summed E-state index contributed by atoms with van der Waals surface area (Å²) in [5.74, 6) is -0.175. The van der Waals surface area contributed by atoms with Crippen LogP contribution in [0.15, 0.2) is 53.8 Å². The van der Waals surface area contributed by atoms with Gasteiger partial charge in [0.05, 0.1) is 6.04 Å². The first kappa shape index (κ1) is 16.5. The highest BCUT2D eigenvalue weighted by atomic mass is 32.2. The van der Waals surface area contributed by atoms with E-state index in [1.165, 1.54) is 17.1 Å². The Morgan fingerprint density at radius 1 is 1.17 bits per heavy atom. The molecule has 122 valence electrons. The van der Waals surface area contributed by atoms with Gasteiger partial charge in [-0.05, 0) is 42.0 Å². The molecule has 24 heavy (non-hydrogen) atoms. The molecule has 0 aliphatic rings. The minimum atomic E-state index is -0.175. The van der Waals surface area contributed by atoms with Crippen molar-refractivity contribution in [3.63, 3.8) is 0 Å². The number of fused-ring (bicyclic) bond motifs is 1. The largest absolute Gasteiger partial charge is 0.344 e. The lowest BCUT2D eigenvalue weighted by Gasteiger charge is -2.17. The standard InChI is InChI=1S/C19H19N3OS/c1-12-11-20-19(24-3)22-17(12)18(23)21-13(2)15-10-6-8-14-7-4-5-9-16(14)15/h4-11,13H,1-3H3,(H,21,23). The van der Waals surface area contributed by atoms with Gasteiger partial charge in [0, 0.05) is 6.20 Å². The highest BCUT2D eigenvalue weighted by molar-refractivity contribution is 7.98. The van der Waals surface area contributed by atoms with Crippen molar-refractivity contribution in [3.05, 3.63) is 65.5 Å². The molecule has 1 unspecified atom stereocenters. The predicted molar refractivity (Wildman–Crippen MR) is 98.4 cm³/mol. The van der Waals surface area contributed by atoms with Crippen molar-refractivity contribution in [1.82, 2.24) is 15.3 Å². The van der Waals surface area contributed by atoms with E-state index in [1.807, 2.05) is 44.4 Å². The zero-order valence-corrected chi connectivity index (χ0v) is 14.7. The SMILES string of the molecule is CSc1ncc(C)c(C(=O)NC(C)c2cccc3ccccc23)n1. The molecule has 1 N–H and O–H groups in total. The Hall–Kier alpha value is -2.40. The molecule has 1 heterocycles. The van der Waals surface area contributed by atoms with Crippen molar-refractivity contribution >= 4 is 28.4 Å². The quantitative estimate of drug-likeness (QED) is 0.574. The molecule has 0 aliphatic carbocycles. The van der Waals surface area contributed by atoms with Crippen molar-refractivity contribution in [3.8, 4) is 0 Å². The molecule has 1 amide bonds. The summed E-state index contributed by atoms with van der Waals surface area (Å²) >= 11 is 1.42. The van der Waals surface area contributed by atoms with Crippen LogP contribution in [0.2, 0.25) is 0 Å². The van der Waals surface area contributed by atoms with E-state index in [0.717, 1.165) is 16.5 Å². The zero-order chi connectivity index (χ0) is 17.1. The number of nitrogens with zero attached hydrogens (tertiary/aromatic N) is 2. The van der Waals surface area contributed by atoms with Crippen molar-refractivity contribution in [1.29, 1.82) is 0 Å². The summed E-state index contributed by atoms with van der Waals surface area (Å²) in [5.41, 5.74) is 2.30. The topological polar surface area (TPSA) is 54.9 Å². The van der Waals surface area contributed by atoms with Crippen LogP contribution in [0.1, 0.15) is 34.6 Å². The van der Waals surface area contributed by atoms with Crippen LogP contribution in [0.25, 0.3) is 10.8 Å². The van der Waals surface area contributed by atoms with E-state index in [-0.39, 0.29) is 11.9 Å². The molecule has 3 rings (SSSR count). The van der Waals surface area contributed by atoms with Gasteiger partial charge in [-0.3, -0.25) is 4.79 Å². The maximum absolute atomic E-state index is 12.6. The fourth-order valence-electron chi connectivity index (χ4n) is 2.72. The second-order valence-electron chi connectivity index (χ2n) is 5.65. The van der Waals surface area contributed by atoms with Gasteiger partial charge in [0.2, 0.25) is 0 Å². The summed E-state index contributed by atoms with van der Waals surface area (Å²) in [6, 6.07) is 14.2.